The second-order valence-corrected chi connectivity index (χ2v) is 6.22. The lowest BCUT2D eigenvalue weighted by atomic mass is 10.0. The van der Waals surface area contributed by atoms with Gasteiger partial charge in [-0.25, -0.2) is 9.97 Å². The predicted octanol–water partition coefficient (Wildman–Crippen LogP) is 2.99. The fourth-order valence-corrected chi connectivity index (χ4v) is 3.33. The molecule has 1 aromatic heterocycles. The molecule has 1 aliphatic carbocycles. The van der Waals surface area contributed by atoms with Crippen molar-refractivity contribution in [2.24, 2.45) is 5.92 Å². The molecule has 2 fully saturated rings. The Bertz CT molecular complexity index is 462. The fourth-order valence-electron chi connectivity index (χ4n) is 3.33. The van der Waals surface area contributed by atoms with Crippen molar-refractivity contribution in [1.29, 1.82) is 0 Å². The van der Waals surface area contributed by atoms with E-state index in [9.17, 15) is 4.79 Å². The van der Waals surface area contributed by atoms with Crippen molar-refractivity contribution in [3.05, 3.63) is 12.4 Å². The number of hydrogen-bond donors (Lipinski definition) is 1. The van der Waals surface area contributed by atoms with E-state index >= 15 is 0 Å². The van der Waals surface area contributed by atoms with Crippen molar-refractivity contribution in [2.75, 3.05) is 23.3 Å². The monoisotopic (exact) mass is 288 g/mol. The molecule has 1 saturated carbocycles. The SMILES string of the molecule is O=C(CC1CCCC1)Nc1cnc(N2CCCCC2)nc1. The van der Waals surface area contributed by atoms with Crippen LogP contribution in [0.4, 0.5) is 11.6 Å². The Morgan fingerprint density at radius 1 is 1.10 bits per heavy atom. The number of anilines is 2. The van der Waals surface area contributed by atoms with Crippen LogP contribution in [0.1, 0.15) is 51.4 Å². The molecule has 2 aliphatic rings. The molecule has 1 N–H and O–H groups in total. The minimum atomic E-state index is 0.0937. The number of piperidine rings is 1. The van der Waals surface area contributed by atoms with Crippen LogP contribution >= 0.6 is 0 Å². The molecule has 114 valence electrons. The van der Waals surface area contributed by atoms with Gasteiger partial charge in [-0.15, -0.1) is 0 Å². The third-order valence-corrected chi connectivity index (χ3v) is 4.51. The van der Waals surface area contributed by atoms with Crippen LogP contribution in [-0.4, -0.2) is 29.0 Å². The van der Waals surface area contributed by atoms with Crippen LogP contribution in [0.2, 0.25) is 0 Å². The van der Waals surface area contributed by atoms with Gasteiger partial charge < -0.3 is 10.2 Å². The highest BCUT2D eigenvalue weighted by Crippen LogP contribution is 2.27. The summed E-state index contributed by atoms with van der Waals surface area (Å²) < 4.78 is 0. The molecule has 1 aromatic rings. The lowest BCUT2D eigenvalue weighted by Gasteiger charge is -2.26. The van der Waals surface area contributed by atoms with Gasteiger partial charge in [0.2, 0.25) is 11.9 Å². The number of amides is 1. The molecule has 1 saturated heterocycles. The molecule has 0 aromatic carbocycles. The van der Waals surface area contributed by atoms with Gasteiger partial charge in [0.25, 0.3) is 0 Å². The van der Waals surface area contributed by atoms with Crippen LogP contribution in [0.25, 0.3) is 0 Å². The third kappa shape index (κ3) is 3.93. The summed E-state index contributed by atoms with van der Waals surface area (Å²) in [4.78, 5) is 23.0. The van der Waals surface area contributed by atoms with E-state index in [4.69, 9.17) is 0 Å². The second kappa shape index (κ2) is 6.87. The van der Waals surface area contributed by atoms with Crippen molar-refractivity contribution in [3.8, 4) is 0 Å². The molecular formula is C16H24N4O. The topological polar surface area (TPSA) is 58.1 Å². The number of rotatable bonds is 4. The zero-order valence-corrected chi connectivity index (χ0v) is 12.6. The number of hydrogen-bond acceptors (Lipinski definition) is 4. The van der Waals surface area contributed by atoms with Gasteiger partial charge in [0, 0.05) is 19.5 Å². The summed E-state index contributed by atoms with van der Waals surface area (Å²) in [7, 11) is 0. The predicted molar refractivity (Wildman–Crippen MR) is 83.3 cm³/mol. The van der Waals surface area contributed by atoms with Crippen molar-refractivity contribution >= 4 is 17.5 Å². The molecule has 0 unspecified atom stereocenters. The van der Waals surface area contributed by atoms with Crippen molar-refractivity contribution in [2.45, 2.75) is 51.4 Å². The molecule has 1 amide bonds. The Kier molecular flexibility index (Phi) is 4.68. The molecule has 5 nitrogen and oxygen atoms in total. The number of aromatic nitrogens is 2. The molecule has 1 aliphatic heterocycles. The van der Waals surface area contributed by atoms with Gasteiger partial charge in [-0.05, 0) is 38.0 Å². The lowest BCUT2D eigenvalue weighted by molar-refractivity contribution is -0.117. The Morgan fingerprint density at radius 2 is 1.76 bits per heavy atom. The summed E-state index contributed by atoms with van der Waals surface area (Å²) in [5.41, 5.74) is 0.707. The molecule has 2 heterocycles. The fraction of sp³-hybridized carbons (Fsp3) is 0.688. The van der Waals surface area contributed by atoms with Gasteiger partial charge in [-0.2, -0.15) is 0 Å². The van der Waals surface area contributed by atoms with E-state index in [0.29, 0.717) is 18.0 Å². The summed E-state index contributed by atoms with van der Waals surface area (Å²) >= 11 is 0. The lowest BCUT2D eigenvalue weighted by Crippen LogP contribution is -2.30. The molecule has 0 atom stereocenters. The van der Waals surface area contributed by atoms with E-state index < -0.39 is 0 Å². The normalized spacial score (nSPS) is 19.7. The van der Waals surface area contributed by atoms with Crippen molar-refractivity contribution < 1.29 is 4.79 Å². The van der Waals surface area contributed by atoms with E-state index in [0.717, 1.165) is 19.0 Å². The zero-order chi connectivity index (χ0) is 14.5. The van der Waals surface area contributed by atoms with Crippen LogP contribution in [0, 0.1) is 5.92 Å². The molecule has 3 rings (SSSR count). The summed E-state index contributed by atoms with van der Waals surface area (Å²) in [5, 5.41) is 2.92. The van der Waals surface area contributed by atoms with Crippen LogP contribution in [-0.2, 0) is 4.79 Å². The van der Waals surface area contributed by atoms with E-state index in [1.807, 2.05) is 0 Å². The van der Waals surface area contributed by atoms with Crippen molar-refractivity contribution in [1.82, 2.24) is 9.97 Å². The van der Waals surface area contributed by atoms with E-state index in [-0.39, 0.29) is 5.91 Å². The summed E-state index contributed by atoms with van der Waals surface area (Å²) in [5.74, 6) is 1.44. The Labute approximate surface area is 126 Å². The summed E-state index contributed by atoms with van der Waals surface area (Å²) in [6.07, 6.45) is 12.7. The largest absolute Gasteiger partial charge is 0.341 e. The average Bonchev–Trinajstić information content (AvgIpc) is 3.02. The Hall–Kier alpha value is -1.65. The van der Waals surface area contributed by atoms with Crippen LogP contribution in [0.15, 0.2) is 12.4 Å². The summed E-state index contributed by atoms with van der Waals surface area (Å²) in [6.45, 7) is 2.07. The summed E-state index contributed by atoms with van der Waals surface area (Å²) in [6, 6.07) is 0. The molecule has 5 heteroatoms. The molecule has 0 bridgehead atoms. The van der Waals surface area contributed by atoms with Gasteiger partial charge in [0.15, 0.2) is 0 Å². The first-order chi connectivity index (χ1) is 10.3. The highest BCUT2D eigenvalue weighted by atomic mass is 16.1. The number of nitrogens with zero attached hydrogens (tertiary/aromatic N) is 3. The maximum Gasteiger partial charge on any atom is 0.225 e. The minimum absolute atomic E-state index is 0.0937. The maximum absolute atomic E-state index is 12.0. The van der Waals surface area contributed by atoms with Crippen molar-refractivity contribution in [3.63, 3.8) is 0 Å². The first-order valence-electron chi connectivity index (χ1n) is 8.18. The molecule has 21 heavy (non-hydrogen) atoms. The highest BCUT2D eigenvalue weighted by Gasteiger charge is 2.19. The van der Waals surface area contributed by atoms with E-state index in [1.165, 1.54) is 44.9 Å². The minimum Gasteiger partial charge on any atom is -0.341 e. The van der Waals surface area contributed by atoms with Gasteiger partial charge in [-0.1, -0.05) is 12.8 Å². The highest BCUT2D eigenvalue weighted by molar-refractivity contribution is 5.90. The number of carbonyl (C=O) groups is 1. The maximum atomic E-state index is 12.0. The molecular weight excluding hydrogens is 264 g/mol. The Morgan fingerprint density at radius 3 is 2.43 bits per heavy atom. The smallest absolute Gasteiger partial charge is 0.225 e. The second-order valence-electron chi connectivity index (χ2n) is 6.22. The zero-order valence-electron chi connectivity index (χ0n) is 12.6. The number of carbonyl (C=O) groups excluding carboxylic acids is 1. The molecule has 0 spiro atoms. The first kappa shape index (κ1) is 14.3. The van der Waals surface area contributed by atoms with E-state index in [2.05, 4.69) is 20.2 Å². The van der Waals surface area contributed by atoms with Crippen LogP contribution in [0.3, 0.4) is 0 Å². The van der Waals surface area contributed by atoms with Gasteiger partial charge in [0.1, 0.15) is 0 Å². The van der Waals surface area contributed by atoms with Gasteiger partial charge in [0.05, 0.1) is 18.1 Å². The number of nitrogens with one attached hydrogen (secondary N) is 1. The van der Waals surface area contributed by atoms with Gasteiger partial charge >= 0.3 is 0 Å². The Balaban J connectivity index is 1.52. The quantitative estimate of drug-likeness (QED) is 0.925. The average molecular weight is 288 g/mol. The standard InChI is InChI=1S/C16H24N4O/c21-15(10-13-6-2-3-7-13)19-14-11-17-16(18-12-14)20-8-4-1-5-9-20/h11-13H,1-10H2,(H,19,21). The third-order valence-electron chi connectivity index (χ3n) is 4.51. The van der Waals surface area contributed by atoms with Gasteiger partial charge in [-0.3, -0.25) is 4.79 Å². The first-order valence-corrected chi connectivity index (χ1v) is 8.18. The van der Waals surface area contributed by atoms with Crippen LogP contribution in [0.5, 0.6) is 0 Å². The van der Waals surface area contributed by atoms with Crippen LogP contribution < -0.4 is 10.2 Å². The van der Waals surface area contributed by atoms with E-state index in [1.54, 1.807) is 12.4 Å². The molecule has 0 radical (unpaired) electrons.